The molecule has 0 amide bonds. The molecule has 0 aromatic heterocycles. The van der Waals surface area contributed by atoms with E-state index in [1.807, 2.05) is 6.07 Å². The first-order chi connectivity index (χ1) is 12.0. The Morgan fingerprint density at radius 1 is 1.19 bits per heavy atom. The predicted molar refractivity (Wildman–Crippen MR) is 97.6 cm³/mol. The molecule has 1 aliphatic carbocycles. The van der Waals surface area contributed by atoms with Gasteiger partial charge in [0.05, 0.1) is 0 Å². The molecule has 7 heteroatoms. The van der Waals surface area contributed by atoms with Gasteiger partial charge in [-0.25, -0.2) is 0 Å². The summed E-state index contributed by atoms with van der Waals surface area (Å²) in [5.74, 6) is -1.21. The van der Waals surface area contributed by atoms with Crippen molar-refractivity contribution < 1.29 is 27.9 Å². The Bertz CT molecular complexity index is 1040. The molecule has 2 unspecified atom stereocenters. The van der Waals surface area contributed by atoms with Crippen LogP contribution in [0.3, 0.4) is 0 Å². The van der Waals surface area contributed by atoms with E-state index in [1.165, 1.54) is 6.92 Å². The molecule has 1 aliphatic heterocycles. The second kappa shape index (κ2) is 5.27. The average molecular weight is 378 g/mol. The smallest absolute Gasteiger partial charge is 0.304 e. The minimum atomic E-state index is -4.47. The fourth-order valence-corrected chi connectivity index (χ4v) is 5.43. The number of fused-ring (bicyclic) bond motifs is 5. The van der Waals surface area contributed by atoms with Crippen molar-refractivity contribution in [3.8, 4) is 17.2 Å². The molecular weight excluding hydrogens is 356 g/mol. The Morgan fingerprint density at radius 3 is 2.54 bits per heavy atom. The molecule has 140 valence electrons. The number of rotatable bonds is 1. The lowest BCUT2D eigenvalue weighted by Crippen LogP contribution is -2.27. The van der Waals surface area contributed by atoms with Gasteiger partial charge in [0.25, 0.3) is 0 Å². The number of hydrogen-bond donors (Lipinski definition) is 3. The molecule has 0 saturated heterocycles. The van der Waals surface area contributed by atoms with Crippen LogP contribution in [0.5, 0.6) is 17.2 Å². The maximum absolute atomic E-state index is 11.6. The van der Waals surface area contributed by atoms with Crippen LogP contribution < -0.4 is 4.74 Å². The summed E-state index contributed by atoms with van der Waals surface area (Å²) in [7, 11) is -4.47. The highest BCUT2D eigenvalue weighted by Gasteiger charge is 2.44. The van der Waals surface area contributed by atoms with E-state index in [-0.39, 0.29) is 28.2 Å². The van der Waals surface area contributed by atoms with E-state index >= 15 is 0 Å². The summed E-state index contributed by atoms with van der Waals surface area (Å²) in [6, 6.07) is 3.79. The number of phenolic OH excluding ortho intramolecular Hbond substituents is 2. The topological polar surface area (TPSA) is 104 Å². The Balaban J connectivity index is 2.07. The van der Waals surface area contributed by atoms with Crippen LogP contribution in [0.15, 0.2) is 12.1 Å². The van der Waals surface area contributed by atoms with Gasteiger partial charge in [0, 0.05) is 22.3 Å². The fourth-order valence-electron chi connectivity index (χ4n) is 4.56. The van der Waals surface area contributed by atoms with Crippen molar-refractivity contribution in [2.75, 3.05) is 0 Å². The molecule has 6 nitrogen and oxygen atoms in total. The molecule has 2 aliphatic rings. The predicted octanol–water partition coefficient (Wildman–Crippen LogP) is 3.57. The Morgan fingerprint density at radius 2 is 1.88 bits per heavy atom. The van der Waals surface area contributed by atoms with E-state index in [4.69, 9.17) is 4.74 Å². The Hall–Kier alpha value is -1.99. The van der Waals surface area contributed by atoms with Crippen LogP contribution in [0, 0.1) is 0 Å². The highest BCUT2D eigenvalue weighted by molar-refractivity contribution is 7.86. The number of ether oxygens (including phenoxy) is 1. The van der Waals surface area contributed by atoms with Crippen LogP contribution in [0.1, 0.15) is 56.2 Å². The van der Waals surface area contributed by atoms with E-state index in [1.54, 1.807) is 6.07 Å². The zero-order valence-corrected chi connectivity index (χ0v) is 15.7. The van der Waals surface area contributed by atoms with Crippen LogP contribution in [0.4, 0.5) is 0 Å². The summed E-state index contributed by atoms with van der Waals surface area (Å²) in [4.78, 5) is 0. The highest BCUT2D eigenvalue weighted by atomic mass is 32.2. The summed E-state index contributed by atoms with van der Waals surface area (Å²) < 4.78 is 38.3. The van der Waals surface area contributed by atoms with E-state index in [0.29, 0.717) is 10.8 Å². The quantitative estimate of drug-likeness (QED) is 0.518. The monoisotopic (exact) mass is 378 g/mol. The maximum Gasteiger partial charge on any atom is 0.304 e. The van der Waals surface area contributed by atoms with E-state index in [9.17, 15) is 23.2 Å². The van der Waals surface area contributed by atoms with Gasteiger partial charge in [-0.1, -0.05) is 32.9 Å². The van der Waals surface area contributed by atoms with Gasteiger partial charge in [-0.15, -0.1) is 0 Å². The zero-order chi connectivity index (χ0) is 19.0. The number of benzene rings is 2. The maximum atomic E-state index is 11.6. The lowest BCUT2D eigenvalue weighted by molar-refractivity contribution is 0.269. The van der Waals surface area contributed by atoms with Gasteiger partial charge in [-0.05, 0) is 35.8 Å². The first kappa shape index (κ1) is 17.4. The van der Waals surface area contributed by atoms with Crippen molar-refractivity contribution >= 4 is 20.9 Å². The van der Waals surface area contributed by atoms with Crippen molar-refractivity contribution in [3.05, 3.63) is 28.8 Å². The molecule has 4 rings (SSSR count). The van der Waals surface area contributed by atoms with Crippen molar-refractivity contribution in [3.63, 3.8) is 0 Å². The van der Waals surface area contributed by atoms with Crippen LogP contribution in [0.25, 0.3) is 10.8 Å². The summed E-state index contributed by atoms with van der Waals surface area (Å²) in [6.45, 7) is 5.83. The highest BCUT2D eigenvalue weighted by Crippen LogP contribution is 2.55. The molecule has 0 fully saturated rings. The SMILES string of the molecule is CC1c2c(O)c(O)c3c4c(ccc3c2OC1S(=O)(=O)O)C(C)(C)CCC4. The first-order valence-corrected chi connectivity index (χ1v) is 10.2. The summed E-state index contributed by atoms with van der Waals surface area (Å²) in [5, 5.41) is 22.4. The van der Waals surface area contributed by atoms with Gasteiger partial charge in [0.15, 0.2) is 11.5 Å². The van der Waals surface area contributed by atoms with E-state index < -0.39 is 21.5 Å². The van der Waals surface area contributed by atoms with Crippen molar-refractivity contribution in [2.24, 2.45) is 0 Å². The third-order valence-corrected chi connectivity index (χ3v) is 6.96. The number of aromatic hydroxyl groups is 2. The molecule has 26 heavy (non-hydrogen) atoms. The largest absolute Gasteiger partial charge is 0.504 e. The Kier molecular flexibility index (Phi) is 3.53. The van der Waals surface area contributed by atoms with Gasteiger partial charge < -0.3 is 14.9 Å². The molecular formula is C19H22O6S. The normalized spacial score (nSPS) is 24.2. The third-order valence-electron chi connectivity index (χ3n) is 5.87. The van der Waals surface area contributed by atoms with Crippen molar-refractivity contribution in [2.45, 2.75) is 56.8 Å². The minimum absolute atomic E-state index is 0.0477. The molecule has 0 bridgehead atoms. The third kappa shape index (κ3) is 2.23. The van der Waals surface area contributed by atoms with Crippen LogP contribution in [-0.2, 0) is 22.0 Å². The van der Waals surface area contributed by atoms with Crippen molar-refractivity contribution in [1.82, 2.24) is 0 Å². The van der Waals surface area contributed by atoms with E-state index in [2.05, 4.69) is 13.8 Å². The number of phenols is 2. The molecule has 0 radical (unpaired) electrons. The summed E-state index contributed by atoms with van der Waals surface area (Å²) in [5.41, 5.74) is 0.742. The van der Waals surface area contributed by atoms with Gasteiger partial charge in [-0.3, -0.25) is 4.55 Å². The first-order valence-electron chi connectivity index (χ1n) is 8.71. The van der Waals surface area contributed by atoms with Gasteiger partial charge in [0.2, 0.25) is 5.44 Å². The standard InChI is InChI=1S/C19H22O6S/c1-9-13-15(20)16(21)14-10-5-4-8-19(2,3)12(10)7-6-11(14)17(13)25-18(9)26(22,23)24/h6-7,9,18,20-21H,4-5,8H2,1-3H3,(H,22,23,24). The van der Waals surface area contributed by atoms with E-state index in [0.717, 1.165) is 30.4 Å². The van der Waals surface area contributed by atoms with Crippen LogP contribution in [-0.4, -0.2) is 28.6 Å². The van der Waals surface area contributed by atoms with Crippen molar-refractivity contribution in [1.29, 1.82) is 0 Å². The van der Waals surface area contributed by atoms with Crippen LogP contribution in [0.2, 0.25) is 0 Å². The van der Waals surface area contributed by atoms with Crippen LogP contribution >= 0.6 is 0 Å². The van der Waals surface area contributed by atoms with Gasteiger partial charge in [0.1, 0.15) is 5.75 Å². The number of aryl methyl sites for hydroxylation is 1. The molecule has 3 N–H and O–H groups in total. The lowest BCUT2D eigenvalue weighted by atomic mass is 9.71. The molecule has 2 atom stereocenters. The lowest BCUT2D eigenvalue weighted by Gasteiger charge is -2.33. The number of hydrogen-bond acceptors (Lipinski definition) is 5. The Labute approximate surface area is 152 Å². The van der Waals surface area contributed by atoms with Gasteiger partial charge >= 0.3 is 10.1 Å². The average Bonchev–Trinajstić information content (AvgIpc) is 2.89. The molecule has 2 aromatic carbocycles. The molecule has 0 saturated carbocycles. The second-order valence-corrected chi connectivity index (χ2v) is 9.48. The summed E-state index contributed by atoms with van der Waals surface area (Å²) >= 11 is 0. The zero-order valence-electron chi connectivity index (χ0n) is 14.9. The summed E-state index contributed by atoms with van der Waals surface area (Å²) in [6.07, 6.45) is 2.75. The molecule has 2 aromatic rings. The van der Waals surface area contributed by atoms with Gasteiger partial charge in [-0.2, -0.15) is 8.42 Å². The molecule has 0 spiro atoms. The fraction of sp³-hybridized carbons (Fsp3) is 0.474. The molecule has 1 heterocycles. The second-order valence-electron chi connectivity index (χ2n) is 7.98. The minimum Gasteiger partial charge on any atom is -0.504 e.